The number of aliphatic carboxylic acids is 1. The van der Waals surface area contributed by atoms with E-state index in [0.29, 0.717) is 54.6 Å². The third-order valence-electron chi connectivity index (χ3n) is 7.78. The molecule has 1 fully saturated rings. The second-order valence-electron chi connectivity index (χ2n) is 10.8. The van der Waals surface area contributed by atoms with Crippen molar-refractivity contribution in [1.29, 1.82) is 0 Å². The maximum Gasteiger partial charge on any atom is 0.305 e. The molecule has 0 unspecified atom stereocenters. The molecule has 1 aliphatic heterocycles. The lowest BCUT2D eigenvalue weighted by molar-refractivity contribution is -0.137. The second-order valence-corrected chi connectivity index (χ2v) is 10.8. The van der Waals surface area contributed by atoms with E-state index in [2.05, 4.69) is 10.2 Å². The Balaban J connectivity index is 1.44. The summed E-state index contributed by atoms with van der Waals surface area (Å²) in [4.78, 5) is 41.9. The number of benzene rings is 4. The number of nitrogens with zero attached hydrogens (tertiary/aromatic N) is 2. The molecule has 1 saturated heterocycles. The number of carboxylic acid groups (broad SMARTS) is 1. The number of amides is 2. The van der Waals surface area contributed by atoms with Crippen molar-refractivity contribution >= 4 is 29.2 Å². The number of carboxylic acids is 1. The van der Waals surface area contributed by atoms with Crippen molar-refractivity contribution in [2.75, 3.05) is 57.3 Å². The van der Waals surface area contributed by atoms with Crippen LogP contribution in [-0.2, 0) is 16.1 Å². The Kier molecular flexibility index (Phi) is 10.5. The molecule has 10 nitrogen and oxygen atoms in total. The van der Waals surface area contributed by atoms with Crippen molar-refractivity contribution in [3.63, 3.8) is 0 Å². The molecule has 4 aromatic rings. The van der Waals surface area contributed by atoms with Crippen molar-refractivity contribution in [3.8, 4) is 22.6 Å². The van der Waals surface area contributed by atoms with Gasteiger partial charge in [0.1, 0.15) is 0 Å². The van der Waals surface area contributed by atoms with Gasteiger partial charge in [-0.1, -0.05) is 42.5 Å². The van der Waals surface area contributed by atoms with E-state index in [0.717, 1.165) is 22.4 Å². The van der Waals surface area contributed by atoms with Gasteiger partial charge in [-0.15, -0.1) is 0 Å². The quantitative estimate of drug-likeness (QED) is 0.210. The number of morpholine rings is 1. The number of ether oxygens (including phenoxy) is 3. The van der Waals surface area contributed by atoms with Gasteiger partial charge in [0.25, 0.3) is 11.8 Å². The van der Waals surface area contributed by atoms with Crippen LogP contribution in [0.4, 0.5) is 11.4 Å². The molecule has 0 saturated carbocycles. The van der Waals surface area contributed by atoms with Crippen molar-refractivity contribution in [2.24, 2.45) is 0 Å². The minimum Gasteiger partial charge on any atom is -0.493 e. The van der Waals surface area contributed by atoms with Gasteiger partial charge in [-0.25, -0.2) is 0 Å². The molecule has 1 aliphatic rings. The van der Waals surface area contributed by atoms with Gasteiger partial charge in [0, 0.05) is 37.3 Å². The van der Waals surface area contributed by atoms with Crippen LogP contribution in [0.15, 0.2) is 91.0 Å². The summed E-state index contributed by atoms with van der Waals surface area (Å²) in [5.74, 6) is -0.515. The van der Waals surface area contributed by atoms with Crippen LogP contribution in [0.3, 0.4) is 0 Å². The first-order chi connectivity index (χ1) is 22.4. The van der Waals surface area contributed by atoms with Gasteiger partial charge in [-0.2, -0.15) is 0 Å². The summed E-state index contributed by atoms with van der Waals surface area (Å²) in [6.45, 7) is 2.88. The van der Waals surface area contributed by atoms with E-state index in [1.165, 1.54) is 7.11 Å². The molecule has 0 spiro atoms. The Hall–Kier alpha value is -5.35. The zero-order valence-electron chi connectivity index (χ0n) is 25.9. The lowest BCUT2D eigenvalue weighted by atomic mass is 10.0. The fraction of sp³-hybridized carbons (Fsp3) is 0.250. The van der Waals surface area contributed by atoms with E-state index in [1.807, 2.05) is 48.5 Å². The van der Waals surface area contributed by atoms with Crippen LogP contribution in [0.25, 0.3) is 11.1 Å². The fourth-order valence-corrected chi connectivity index (χ4v) is 5.38. The zero-order valence-corrected chi connectivity index (χ0v) is 25.9. The van der Waals surface area contributed by atoms with Gasteiger partial charge in [0.05, 0.1) is 45.2 Å². The smallest absolute Gasteiger partial charge is 0.305 e. The molecule has 10 heteroatoms. The predicted molar refractivity (Wildman–Crippen MR) is 176 cm³/mol. The number of carbonyl (C=O) groups is 3. The van der Waals surface area contributed by atoms with E-state index >= 15 is 0 Å². The number of nitrogens with one attached hydrogen (secondary N) is 1. The number of anilines is 2. The molecule has 5 rings (SSSR count). The van der Waals surface area contributed by atoms with E-state index in [4.69, 9.17) is 14.2 Å². The molecule has 0 aliphatic carbocycles. The molecule has 0 aromatic heterocycles. The highest BCUT2D eigenvalue weighted by Gasteiger charge is 2.20. The molecule has 0 bridgehead atoms. The van der Waals surface area contributed by atoms with E-state index in [9.17, 15) is 19.5 Å². The van der Waals surface area contributed by atoms with E-state index in [1.54, 1.807) is 54.5 Å². The van der Waals surface area contributed by atoms with Crippen LogP contribution >= 0.6 is 0 Å². The summed E-state index contributed by atoms with van der Waals surface area (Å²) < 4.78 is 16.3. The average molecular weight is 624 g/mol. The number of hydrogen-bond acceptors (Lipinski definition) is 7. The van der Waals surface area contributed by atoms with Crippen LogP contribution in [0, 0.1) is 0 Å². The van der Waals surface area contributed by atoms with Gasteiger partial charge in [0.15, 0.2) is 11.5 Å². The second kappa shape index (κ2) is 15.1. The van der Waals surface area contributed by atoms with Gasteiger partial charge in [0.2, 0.25) is 0 Å². The number of rotatable bonds is 12. The predicted octanol–water partition coefficient (Wildman–Crippen LogP) is 5.58. The third kappa shape index (κ3) is 7.83. The lowest BCUT2D eigenvalue weighted by Crippen LogP contribution is -2.36. The first-order valence-corrected chi connectivity index (χ1v) is 15.0. The van der Waals surface area contributed by atoms with Gasteiger partial charge in [-0.3, -0.25) is 14.4 Å². The number of hydrogen-bond donors (Lipinski definition) is 2. The molecule has 0 radical (unpaired) electrons. The topological polar surface area (TPSA) is 118 Å². The van der Waals surface area contributed by atoms with Crippen LogP contribution in [-0.4, -0.2) is 74.9 Å². The van der Waals surface area contributed by atoms with Gasteiger partial charge >= 0.3 is 5.97 Å². The normalized spacial score (nSPS) is 12.7. The molecule has 2 N–H and O–H groups in total. The highest BCUT2D eigenvalue weighted by Crippen LogP contribution is 2.34. The number of carbonyl (C=O) groups excluding carboxylic acids is 2. The molecule has 2 amide bonds. The largest absolute Gasteiger partial charge is 0.493 e. The van der Waals surface area contributed by atoms with Crippen LogP contribution in [0.5, 0.6) is 11.5 Å². The summed E-state index contributed by atoms with van der Waals surface area (Å²) in [5.41, 5.74) is 5.05. The minimum atomic E-state index is -0.970. The van der Waals surface area contributed by atoms with Gasteiger partial charge < -0.3 is 34.4 Å². The number of methoxy groups -OCH3 is 2. The highest BCUT2D eigenvalue weighted by atomic mass is 16.5. The molecule has 238 valence electrons. The van der Waals surface area contributed by atoms with Gasteiger partial charge in [-0.05, 0) is 65.2 Å². The Morgan fingerprint density at radius 3 is 2.28 bits per heavy atom. The average Bonchev–Trinajstić information content (AvgIpc) is 3.10. The van der Waals surface area contributed by atoms with Crippen molar-refractivity contribution in [3.05, 3.63) is 108 Å². The minimum absolute atomic E-state index is 0.0772. The molecule has 46 heavy (non-hydrogen) atoms. The Morgan fingerprint density at radius 2 is 1.57 bits per heavy atom. The third-order valence-corrected chi connectivity index (χ3v) is 7.78. The SMILES string of the molecule is COc1ccc(C(=O)Nc2cc(-c3cccc(CN(CCC(=O)O)C(=O)c4ccccc4)c3)ccc2N2CCOCC2)cc1OC. The first-order valence-electron chi connectivity index (χ1n) is 15.0. The molecular formula is C36H37N3O7. The van der Waals surface area contributed by atoms with Crippen LogP contribution in [0.2, 0.25) is 0 Å². The highest BCUT2D eigenvalue weighted by molar-refractivity contribution is 6.06. The maximum absolute atomic E-state index is 13.5. The van der Waals surface area contributed by atoms with Crippen molar-refractivity contribution < 1.29 is 33.7 Å². The summed E-state index contributed by atoms with van der Waals surface area (Å²) >= 11 is 0. The molecule has 4 aromatic carbocycles. The van der Waals surface area contributed by atoms with E-state index in [-0.39, 0.29) is 31.3 Å². The monoisotopic (exact) mass is 623 g/mol. The zero-order chi connectivity index (χ0) is 32.5. The van der Waals surface area contributed by atoms with Crippen LogP contribution < -0.4 is 19.7 Å². The van der Waals surface area contributed by atoms with Crippen molar-refractivity contribution in [2.45, 2.75) is 13.0 Å². The molecular weight excluding hydrogens is 586 g/mol. The van der Waals surface area contributed by atoms with E-state index < -0.39 is 5.97 Å². The molecule has 1 heterocycles. The van der Waals surface area contributed by atoms with Crippen molar-refractivity contribution in [1.82, 2.24) is 4.90 Å². The summed E-state index contributed by atoms with van der Waals surface area (Å²) in [6.07, 6.45) is -0.162. The fourth-order valence-electron chi connectivity index (χ4n) is 5.38. The standard InChI is InChI=1S/C36H37N3O7/c1-44-32-14-12-29(23-33(32)45-2)35(42)37-30-22-28(11-13-31(30)38-17-19-46-20-18-38)27-10-6-7-25(21-27)24-39(16-15-34(40)41)36(43)26-8-4-3-5-9-26/h3-14,21-23H,15-20,24H2,1-2H3,(H,37,42)(H,40,41). The summed E-state index contributed by atoms with van der Waals surface area (Å²) in [5, 5.41) is 12.4. The Morgan fingerprint density at radius 1 is 0.826 bits per heavy atom. The maximum atomic E-state index is 13.5. The van der Waals surface area contributed by atoms with Crippen LogP contribution in [0.1, 0.15) is 32.7 Å². The lowest BCUT2D eigenvalue weighted by Gasteiger charge is -2.31. The Bertz CT molecular complexity index is 1690. The molecule has 0 atom stereocenters. The summed E-state index contributed by atoms with van der Waals surface area (Å²) in [7, 11) is 3.07. The Labute approximate surface area is 268 Å². The first kappa shape index (κ1) is 32.1. The summed E-state index contributed by atoms with van der Waals surface area (Å²) in [6, 6.07) is 27.6.